The number of carbonyl (C=O) groups is 3. The number of unbranched alkanes of at least 4 members (excludes halogenated alkanes) is 17. The van der Waals surface area contributed by atoms with Crippen LogP contribution in [0, 0.1) is 0 Å². The average molecular weight is 1140 g/mol. The second-order valence-electron chi connectivity index (χ2n) is 21.3. The maximum absolute atomic E-state index is 12.9. The van der Waals surface area contributed by atoms with Crippen molar-refractivity contribution in [2.45, 2.75) is 271 Å². The minimum atomic E-state index is -0.822. The van der Waals surface area contributed by atoms with Gasteiger partial charge in [0.1, 0.15) is 13.2 Å². The fraction of sp³-hybridized carbons (Fsp3) is 0.571. The highest BCUT2D eigenvalue weighted by molar-refractivity contribution is 5.71. The number of allylic oxidation sites excluding steroid dienone is 30. The van der Waals surface area contributed by atoms with Gasteiger partial charge in [-0.15, -0.1) is 0 Å². The van der Waals surface area contributed by atoms with Crippen LogP contribution in [0.3, 0.4) is 0 Å². The second-order valence-corrected chi connectivity index (χ2v) is 21.3. The summed E-state index contributed by atoms with van der Waals surface area (Å²) in [6, 6.07) is 0. The third kappa shape index (κ3) is 67.2. The SMILES string of the molecule is CC/C=C\C/C=C\C/C=C\C/C=C\C/C=C\C/C=C\C/C=C\C/C=C\C/C=C\CCCC(=O)OCC(COC(=O)CCCCCCC/C=C\C/C=C\CCC)OC(=O)CCCCCCCCCCCC/C=C\C/C=C\C/C=C\C/C=C\CC. The first kappa shape index (κ1) is 77.5. The topological polar surface area (TPSA) is 78.9 Å². The Hall–Kier alpha value is -5.49. The van der Waals surface area contributed by atoms with Crippen LogP contribution in [-0.2, 0) is 28.6 Å². The first-order chi connectivity index (χ1) is 41.0. The number of carbonyl (C=O) groups excluding carboxylic acids is 3. The Bertz CT molecular complexity index is 1940. The number of hydrogen-bond donors (Lipinski definition) is 0. The van der Waals surface area contributed by atoms with Gasteiger partial charge < -0.3 is 14.2 Å². The molecule has 0 heterocycles. The number of rotatable bonds is 58. The van der Waals surface area contributed by atoms with E-state index in [1.54, 1.807) is 0 Å². The number of esters is 3. The fourth-order valence-corrected chi connectivity index (χ4v) is 8.47. The normalized spacial score (nSPS) is 13.3. The lowest BCUT2D eigenvalue weighted by atomic mass is 10.0. The molecule has 1 unspecified atom stereocenters. The summed E-state index contributed by atoms with van der Waals surface area (Å²) in [5.74, 6) is -0.998. The largest absolute Gasteiger partial charge is 0.462 e. The Morgan fingerprint density at radius 3 is 0.783 bits per heavy atom. The molecule has 0 aromatic rings. The third-order valence-electron chi connectivity index (χ3n) is 13.4. The number of hydrogen-bond acceptors (Lipinski definition) is 6. The summed E-state index contributed by atoms with van der Waals surface area (Å²) in [6.07, 6.45) is 103. The molecule has 6 heteroatoms. The summed E-state index contributed by atoms with van der Waals surface area (Å²) in [7, 11) is 0. The Labute approximate surface area is 510 Å². The Kier molecular flexibility index (Phi) is 64.4. The van der Waals surface area contributed by atoms with Crippen molar-refractivity contribution >= 4 is 17.9 Å². The Morgan fingerprint density at radius 1 is 0.253 bits per heavy atom. The minimum Gasteiger partial charge on any atom is -0.462 e. The van der Waals surface area contributed by atoms with Gasteiger partial charge in [0.05, 0.1) is 0 Å². The van der Waals surface area contributed by atoms with Crippen LogP contribution in [0.2, 0.25) is 0 Å². The van der Waals surface area contributed by atoms with Gasteiger partial charge in [-0.2, -0.15) is 0 Å². The molecule has 83 heavy (non-hydrogen) atoms. The van der Waals surface area contributed by atoms with Crippen molar-refractivity contribution in [3.8, 4) is 0 Å². The van der Waals surface area contributed by atoms with E-state index in [1.165, 1.54) is 57.8 Å². The number of ether oxygens (including phenoxy) is 3. The molecule has 0 rings (SSSR count). The second kappa shape index (κ2) is 69.0. The van der Waals surface area contributed by atoms with Gasteiger partial charge in [-0.1, -0.05) is 280 Å². The van der Waals surface area contributed by atoms with Gasteiger partial charge in [0.2, 0.25) is 0 Å². The van der Waals surface area contributed by atoms with Crippen molar-refractivity contribution in [2.24, 2.45) is 0 Å². The van der Waals surface area contributed by atoms with Crippen LogP contribution < -0.4 is 0 Å². The molecule has 0 spiro atoms. The van der Waals surface area contributed by atoms with Crippen LogP contribution in [0.15, 0.2) is 182 Å². The van der Waals surface area contributed by atoms with E-state index in [2.05, 4.69) is 203 Å². The van der Waals surface area contributed by atoms with Crippen LogP contribution >= 0.6 is 0 Å². The minimum absolute atomic E-state index is 0.113. The highest BCUT2D eigenvalue weighted by Crippen LogP contribution is 2.15. The maximum atomic E-state index is 12.9. The first-order valence-corrected chi connectivity index (χ1v) is 33.3. The summed E-state index contributed by atoms with van der Waals surface area (Å²) in [6.45, 7) is 6.28. The summed E-state index contributed by atoms with van der Waals surface area (Å²) in [5, 5.41) is 0. The first-order valence-electron chi connectivity index (χ1n) is 33.3. The molecule has 6 nitrogen and oxygen atoms in total. The molecule has 464 valence electrons. The van der Waals surface area contributed by atoms with Crippen molar-refractivity contribution in [3.63, 3.8) is 0 Å². The van der Waals surface area contributed by atoms with Crippen LogP contribution in [-0.4, -0.2) is 37.2 Å². The molecule has 0 aromatic heterocycles. The van der Waals surface area contributed by atoms with Crippen molar-refractivity contribution in [1.82, 2.24) is 0 Å². The van der Waals surface area contributed by atoms with E-state index in [4.69, 9.17) is 14.2 Å². The van der Waals surface area contributed by atoms with Crippen LogP contribution in [0.5, 0.6) is 0 Å². The van der Waals surface area contributed by atoms with Crippen molar-refractivity contribution in [2.75, 3.05) is 13.2 Å². The Balaban J connectivity index is 4.47. The highest BCUT2D eigenvalue weighted by atomic mass is 16.6. The molecule has 0 aromatic carbocycles. The summed E-state index contributed by atoms with van der Waals surface area (Å²) in [5.41, 5.74) is 0. The van der Waals surface area contributed by atoms with Crippen LogP contribution in [0.1, 0.15) is 265 Å². The van der Waals surface area contributed by atoms with Gasteiger partial charge in [-0.3, -0.25) is 14.4 Å². The molecule has 0 fully saturated rings. The quantitative estimate of drug-likeness (QED) is 0.0261. The van der Waals surface area contributed by atoms with Crippen LogP contribution in [0.4, 0.5) is 0 Å². The van der Waals surface area contributed by atoms with Gasteiger partial charge in [-0.25, -0.2) is 0 Å². The zero-order chi connectivity index (χ0) is 59.9. The lowest BCUT2D eigenvalue weighted by Gasteiger charge is -2.18. The lowest BCUT2D eigenvalue weighted by molar-refractivity contribution is -0.167. The zero-order valence-electron chi connectivity index (χ0n) is 53.1. The van der Waals surface area contributed by atoms with E-state index in [-0.39, 0.29) is 37.5 Å². The van der Waals surface area contributed by atoms with E-state index in [0.717, 1.165) is 161 Å². The predicted octanol–water partition coefficient (Wildman–Crippen LogP) is 23.2. The average Bonchev–Trinajstić information content (AvgIpc) is 3.49. The highest BCUT2D eigenvalue weighted by Gasteiger charge is 2.19. The van der Waals surface area contributed by atoms with Crippen molar-refractivity contribution < 1.29 is 28.6 Å². The van der Waals surface area contributed by atoms with Gasteiger partial charge in [-0.05, 0) is 148 Å². The van der Waals surface area contributed by atoms with Crippen molar-refractivity contribution in [1.29, 1.82) is 0 Å². The third-order valence-corrected chi connectivity index (χ3v) is 13.4. The molecule has 0 amide bonds. The van der Waals surface area contributed by atoms with E-state index in [9.17, 15) is 14.4 Å². The van der Waals surface area contributed by atoms with Crippen LogP contribution in [0.25, 0.3) is 0 Å². The van der Waals surface area contributed by atoms with E-state index in [1.807, 2.05) is 0 Å². The molecule has 0 aliphatic carbocycles. The molecule has 0 aliphatic rings. The molecular weight excluding hydrogens is 1020 g/mol. The molecule has 0 saturated heterocycles. The monoisotopic (exact) mass is 1140 g/mol. The Morgan fingerprint density at radius 2 is 0.482 bits per heavy atom. The summed E-state index contributed by atoms with van der Waals surface area (Å²) in [4.78, 5) is 38.3. The van der Waals surface area contributed by atoms with E-state index < -0.39 is 6.10 Å². The summed E-state index contributed by atoms with van der Waals surface area (Å²) >= 11 is 0. The van der Waals surface area contributed by atoms with Gasteiger partial charge in [0, 0.05) is 19.3 Å². The smallest absolute Gasteiger partial charge is 0.306 e. The molecule has 0 radical (unpaired) electrons. The standard InChI is InChI=1S/C77H120O6/c1-4-7-10-13-16-19-22-25-27-29-31-33-35-36-37-38-39-40-42-43-45-47-49-52-55-58-61-64-67-70-76(79)82-73-74(72-81-75(78)69-66-63-60-57-54-51-24-21-18-15-12-9-6-3)83-77(80)71-68-65-62-59-56-53-50-48-46-44-41-34-32-30-28-26-23-20-17-14-11-8-5-2/h7-8,10-12,15-17,19-21,24-28,31-34,36-37,39-40,43,45,49,52,58,61,74H,4-6,9,13-14,18,22-23,29-30,35,38,41-42,44,46-48,50-51,53-57,59-60,62-73H2,1-3H3/b10-7-,11-8-,15-12-,19-16-,20-17-,24-21-,27-25-,28-26-,33-31-,34-32-,37-36-,40-39-,45-43-,52-49-,61-58-. The molecule has 0 bridgehead atoms. The molecule has 0 N–H and O–H groups in total. The van der Waals surface area contributed by atoms with Crippen molar-refractivity contribution in [3.05, 3.63) is 182 Å². The van der Waals surface area contributed by atoms with Gasteiger partial charge >= 0.3 is 17.9 Å². The fourth-order valence-electron chi connectivity index (χ4n) is 8.47. The molecular formula is C77H120O6. The summed E-state index contributed by atoms with van der Waals surface area (Å²) < 4.78 is 16.9. The van der Waals surface area contributed by atoms with E-state index in [0.29, 0.717) is 19.3 Å². The molecule has 0 saturated carbocycles. The zero-order valence-corrected chi connectivity index (χ0v) is 53.1. The van der Waals surface area contributed by atoms with Gasteiger partial charge in [0.25, 0.3) is 0 Å². The predicted molar refractivity (Wildman–Crippen MR) is 361 cm³/mol. The van der Waals surface area contributed by atoms with E-state index >= 15 is 0 Å². The molecule has 0 aliphatic heterocycles. The van der Waals surface area contributed by atoms with Gasteiger partial charge in [0.15, 0.2) is 6.10 Å². The maximum Gasteiger partial charge on any atom is 0.306 e. The molecule has 1 atom stereocenters. The lowest BCUT2D eigenvalue weighted by Crippen LogP contribution is -2.30.